The number of pyridine rings is 1. The molecule has 2 heterocycles. The van der Waals surface area contributed by atoms with Crippen LogP contribution in [-0.4, -0.2) is 16.2 Å². The van der Waals surface area contributed by atoms with Crippen LogP contribution in [0, 0.1) is 0 Å². The lowest BCUT2D eigenvalue weighted by molar-refractivity contribution is 0.155. The van der Waals surface area contributed by atoms with Crippen molar-refractivity contribution in [2.24, 2.45) is 0 Å². The van der Waals surface area contributed by atoms with Crippen LogP contribution in [0.15, 0.2) is 42.0 Å². The van der Waals surface area contributed by atoms with E-state index in [1.807, 2.05) is 12.1 Å². The number of thiophene rings is 1. The Labute approximate surface area is 106 Å². The molecule has 2 aromatic heterocycles. The fourth-order valence-corrected chi connectivity index (χ4v) is 2.52. The molecule has 2 aromatic rings. The molecule has 90 valence electrons. The van der Waals surface area contributed by atoms with Crippen molar-refractivity contribution in [3.05, 3.63) is 52.5 Å². The highest BCUT2D eigenvalue weighted by molar-refractivity contribution is 7.09. The van der Waals surface area contributed by atoms with Gasteiger partial charge in [-0.15, -0.1) is 11.3 Å². The fraction of sp³-hybridized carbons (Fsp3) is 0.357. The second-order valence-electron chi connectivity index (χ2n) is 4.17. The van der Waals surface area contributed by atoms with Crippen molar-refractivity contribution in [1.82, 2.24) is 4.98 Å². The van der Waals surface area contributed by atoms with E-state index in [-0.39, 0.29) is 6.10 Å². The SMILES string of the molecule is OC(CCc1ccncc1)CCc1cccs1. The van der Waals surface area contributed by atoms with Crippen LogP contribution in [0.3, 0.4) is 0 Å². The highest BCUT2D eigenvalue weighted by atomic mass is 32.1. The Hall–Kier alpha value is -1.19. The molecule has 0 aliphatic heterocycles. The Balaban J connectivity index is 1.69. The van der Waals surface area contributed by atoms with Crippen molar-refractivity contribution in [1.29, 1.82) is 0 Å². The van der Waals surface area contributed by atoms with Gasteiger partial charge in [-0.2, -0.15) is 0 Å². The van der Waals surface area contributed by atoms with Gasteiger partial charge in [-0.1, -0.05) is 6.07 Å². The van der Waals surface area contributed by atoms with Crippen LogP contribution in [0.4, 0.5) is 0 Å². The van der Waals surface area contributed by atoms with Crippen molar-refractivity contribution < 1.29 is 5.11 Å². The van der Waals surface area contributed by atoms with Gasteiger partial charge in [-0.3, -0.25) is 4.98 Å². The maximum atomic E-state index is 9.90. The van der Waals surface area contributed by atoms with Gasteiger partial charge < -0.3 is 5.11 Å². The van der Waals surface area contributed by atoms with Gasteiger partial charge in [0.1, 0.15) is 0 Å². The summed E-state index contributed by atoms with van der Waals surface area (Å²) in [6.45, 7) is 0. The summed E-state index contributed by atoms with van der Waals surface area (Å²) in [5.41, 5.74) is 1.25. The molecule has 0 fully saturated rings. The summed E-state index contributed by atoms with van der Waals surface area (Å²) < 4.78 is 0. The number of nitrogens with zero attached hydrogens (tertiary/aromatic N) is 1. The molecule has 0 aliphatic carbocycles. The van der Waals surface area contributed by atoms with Crippen molar-refractivity contribution in [2.75, 3.05) is 0 Å². The first-order chi connectivity index (χ1) is 8.34. The zero-order valence-corrected chi connectivity index (χ0v) is 10.6. The average Bonchev–Trinajstić information content (AvgIpc) is 2.88. The summed E-state index contributed by atoms with van der Waals surface area (Å²) in [6, 6.07) is 8.20. The minimum absolute atomic E-state index is 0.203. The number of hydrogen-bond donors (Lipinski definition) is 1. The second kappa shape index (κ2) is 6.52. The summed E-state index contributed by atoms with van der Waals surface area (Å²) in [6.07, 6.45) is 6.98. The van der Waals surface area contributed by atoms with E-state index >= 15 is 0 Å². The lowest BCUT2D eigenvalue weighted by atomic mass is 10.0. The van der Waals surface area contributed by atoms with Crippen molar-refractivity contribution in [3.63, 3.8) is 0 Å². The number of aryl methyl sites for hydroxylation is 2. The van der Waals surface area contributed by atoms with Gasteiger partial charge >= 0.3 is 0 Å². The van der Waals surface area contributed by atoms with E-state index in [0.29, 0.717) is 0 Å². The van der Waals surface area contributed by atoms with E-state index in [1.165, 1.54) is 10.4 Å². The van der Waals surface area contributed by atoms with Crippen molar-refractivity contribution >= 4 is 11.3 Å². The highest BCUT2D eigenvalue weighted by Gasteiger charge is 2.05. The first-order valence-corrected chi connectivity index (χ1v) is 6.82. The molecular weight excluding hydrogens is 230 g/mol. The minimum atomic E-state index is -0.203. The van der Waals surface area contributed by atoms with Gasteiger partial charge in [0.15, 0.2) is 0 Å². The molecule has 0 aromatic carbocycles. The largest absolute Gasteiger partial charge is 0.393 e. The number of aromatic nitrogens is 1. The Morgan fingerprint density at radius 3 is 2.59 bits per heavy atom. The van der Waals surface area contributed by atoms with E-state index in [0.717, 1.165) is 25.7 Å². The van der Waals surface area contributed by atoms with E-state index in [1.54, 1.807) is 23.7 Å². The summed E-state index contributed by atoms with van der Waals surface area (Å²) in [7, 11) is 0. The average molecular weight is 247 g/mol. The maximum Gasteiger partial charge on any atom is 0.0546 e. The van der Waals surface area contributed by atoms with Crippen LogP contribution in [0.25, 0.3) is 0 Å². The molecule has 0 aliphatic rings. The summed E-state index contributed by atoms with van der Waals surface area (Å²) in [4.78, 5) is 5.34. The Bertz CT molecular complexity index is 413. The van der Waals surface area contributed by atoms with Gasteiger partial charge in [-0.25, -0.2) is 0 Å². The van der Waals surface area contributed by atoms with Crippen LogP contribution in [0.2, 0.25) is 0 Å². The molecule has 0 radical (unpaired) electrons. The number of hydrogen-bond acceptors (Lipinski definition) is 3. The molecule has 1 N–H and O–H groups in total. The number of aliphatic hydroxyl groups excluding tert-OH is 1. The van der Waals surface area contributed by atoms with Crippen LogP contribution in [0.5, 0.6) is 0 Å². The summed E-state index contributed by atoms with van der Waals surface area (Å²) in [5, 5.41) is 12.0. The van der Waals surface area contributed by atoms with Crippen LogP contribution in [-0.2, 0) is 12.8 Å². The van der Waals surface area contributed by atoms with Crippen LogP contribution >= 0.6 is 11.3 Å². The van der Waals surface area contributed by atoms with E-state index in [9.17, 15) is 5.11 Å². The first-order valence-electron chi connectivity index (χ1n) is 5.94. The molecule has 0 saturated heterocycles. The molecule has 0 spiro atoms. The Morgan fingerprint density at radius 2 is 1.88 bits per heavy atom. The van der Waals surface area contributed by atoms with Crippen LogP contribution in [0.1, 0.15) is 23.3 Å². The van der Waals surface area contributed by atoms with E-state index < -0.39 is 0 Å². The predicted octanol–water partition coefficient (Wildman–Crippen LogP) is 3.07. The molecule has 1 unspecified atom stereocenters. The molecule has 2 nitrogen and oxygen atoms in total. The van der Waals surface area contributed by atoms with Gasteiger partial charge in [0.05, 0.1) is 6.10 Å². The topological polar surface area (TPSA) is 33.1 Å². The zero-order chi connectivity index (χ0) is 11.9. The summed E-state index contributed by atoms with van der Waals surface area (Å²) >= 11 is 1.76. The molecule has 0 saturated carbocycles. The van der Waals surface area contributed by atoms with Crippen molar-refractivity contribution in [3.8, 4) is 0 Å². The zero-order valence-electron chi connectivity index (χ0n) is 9.75. The number of rotatable bonds is 6. The smallest absolute Gasteiger partial charge is 0.0546 e. The monoisotopic (exact) mass is 247 g/mol. The third kappa shape index (κ3) is 4.29. The Morgan fingerprint density at radius 1 is 1.12 bits per heavy atom. The lowest BCUT2D eigenvalue weighted by Gasteiger charge is -2.09. The quantitative estimate of drug-likeness (QED) is 0.851. The van der Waals surface area contributed by atoms with E-state index in [2.05, 4.69) is 22.5 Å². The van der Waals surface area contributed by atoms with Gasteiger partial charge in [0.25, 0.3) is 0 Å². The normalized spacial score (nSPS) is 12.5. The molecule has 17 heavy (non-hydrogen) atoms. The van der Waals surface area contributed by atoms with Crippen molar-refractivity contribution in [2.45, 2.75) is 31.8 Å². The summed E-state index contributed by atoms with van der Waals surface area (Å²) in [5.74, 6) is 0. The molecule has 1 atom stereocenters. The molecule has 2 rings (SSSR count). The standard InChI is InChI=1S/C14H17NOS/c16-13(5-6-14-2-1-11-17-14)4-3-12-7-9-15-10-8-12/h1-2,7-11,13,16H,3-6H2. The number of aliphatic hydroxyl groups is 1. The molecule has 3 heteroatoms. The van der Waals surface area contributed by atoms with Gasteiger partial charge in [0, 0.05) is 17.3 Å². The fourth-order valence-electron chi connectivity index (χ4n) is 1.79. The molecular formula is C14H17NOS. The third-order valence-electron chi connectivity index (χ3n) is 2.82. The lowest BCUT2D eigenvalue weighted by Crippen LogP contribution is -2.09. The van der Waals surface area contributed by atoms with Gasteiger partial charge in [-0.05, 0) is 54.8 Å². The minimum Gasteiger partial charge on any atom is -0.393 e. The predicted molar refractivity (Wildman–Crippen MR) is 71.2 cm³/mol. The third-order valence-corrected chi connectivity index (χ3v) is 3.76. The highest BCUT2D eigenvalue weighted by Crippen LogP contribution is 2.14. The maximum absolute atomic E-state index is 9.90. The van der Waals surface area contributed by atoms with Gasteiger partial charge in [0.2, 0.25) is 0 Å². The molecule has 0 bridgehead atoms. The Kier molecular flexibility index (Phi) is 4.71. The second-order valence-corrected chi connectivity index (χ2v) is 5.20. The first kappa shape index (κ1) is 12.3. The van der Waals surface area contributed by atoms with E-state index in [4.69, 9.17) is 0 Å². The molecule has 0 amide bonds. The van der Waals surface area contributed by atoms with Crippen LogP contribution < -0.4 is 0 Å².